The fourth-order valence-corrected chi connectivity index (χ4v) is 2.25. The van der Waals surface area contributed by atoms with Gasteiger partial charge in [-0.25, -0.2) is 4.39 Å². The molecule has 1 saturated heterocycles. The van der Waals surface area contributed by atoms with Gasteiger partial charge in [-0.3, -0.25) is 4.79 Å². The molecule has 0 bridgehead atoms. The molecule has 2 rings (SSSR count). The molecule has 1 aliphatic heterocycles. The highest BCUT2D eigenvalue weighted by atomic mass is 19.1. The fourth-order valence-electron chi connectivity index (χ4n) is 2.25. The minimum atomic E-state index is -0.691. The molecular formula is C13H17FN2O2. The van der Waals surface area contributed by atoms with Gasteiger partial charge in [0.2, 0.25) is 0 Å². The molecule has 1 aromatic carbocycles. The van der Waals surface area contributed by atoms with Gasteiger partial charge in [0.1, 0.15) is 11.6 Å². The Morgan fingerprint density at radius 2 is 2.33 bits per heavy atom. The smallest absolute Gasteiger partial charge is 0.256 e. The lowest BCUT2D eigenvalue weighted by atomic mass is 10.0. The van der Waals surface area contributed by atoms with Crippen LogP contribution in [0.4, 0.5) is 4.39 Å². The van der Waals surface area contributed by atoms with Crippen molar-refractivity contribution in [2.24, 2.45) is 11.7 Å². The minimum Gasteiger partial charge on any atom is -0.508 e. The number of likely N-dealkylation sites (tertiary alicyclic amines) is 1. The van der Waals surface area contributed by atoms with E-state index >= 15 is 0 Å². The number of nitrogens with zero attached hydrogens (tertiary/aromatic N) is 1. The second-order valence-corrected chi connectivity index (χ2v) is 4.82. The van der Waals surface area contributed by atoms with Crippen molar-refractivity contribution in [1.82, 2.24) is 4.90 Å². The average molecular weight is 252 g/mol. The average Bonchev–Trinajstić information content (AvgIpc) is 2.77. The number of amides is 1. The number of phenolic OH excluding ortho intramolecular Hbond substituents is 1. The third-order valence-electron chi connectivity index (χ3n) is 3.44. The largest absolute Gasteiger partial charge is 0.508 e. The number of halogens is 1. The molecule has 0 radical (unpaired) electrons. The normalized spacial score (nSPS) is 21.1. The first kappa shape index (κ1) is 12.8. The Morgan fingerprint density at radius 1 is 1.61 bits per heavy atom. The molecule has 0 aliphatic carbocycles. The summed E-state index contributed by atoms with van der Waals surface area (Å²) in [6.45, 7) is 3.09. The van der Waals surface area contributed by atoms with E-state index in [-0.39, 0.29) is 29.2 Å². The highest BCUT2D eigenvalue weighted by Crippen LogP contribution is 2.23. The summed E-state index contributed by atoms with van der Waals surface area (Å²) in [5, 5.41) is 9.12. The van der Waals surface area contributed by atoms with Gasteiger partial charge in [-0.15, -0.1) is 0 Å². The SMILES string of the molecule is CC(N)C1CCN(C(=O)c2ccc(O)cc2F)C1. The third-order valence-corrected chi connectivity index (χ3v) is 3.44. The predicted molar refractivity (Wildman–Crippen MR) is 65.7 cm³/mol. The Hall–Kier alpha value is -1.62. The van der Waals surface area contributed by atoms with Gasteiger partial charge in [0, 0.05) is 25.2 Å². The first-order valence-corrected chi connectivity index (χ1v) is 6.02. The summed E-state index contributed by atoms with van der Waals surface area (Å²) in [7, 11) is 0. The van der Waals surface area contributed by atoms with Crippen molar-refractivity contribution in [3.05, 3.63) is 29.6 Å². The van der Waals surface area contributed by atoms with Crippen LogP contribution in [-0.2, 0) is 0 Å². The molecule has 98 valence electrons. The lowest BCUT2D eigenvalue weighted by Gasteiger charge is -2.18. The maximum atomic E-state index is 13.6. The summed E-state index contributed by atoms with van der Waals surface area (Å²) in [6, 6.07) is 3.61. The van der Waals surface area contributed by atoms with Gasteiger partial charge < -0.3 is 15.7 Å². The van der Waals surface area contributed by atoms with E-state index < -0.39 is 5.82 Å². The van der Waals surface area contributed by atoms with Gasteiger partial charge in [0.05, 0.1) is 5.56 Å². The molecule has 0 saturated carbocycles. The van der Waals surface area contributed by atoms with Crippen molar-refractivity contribution in [3.8, 4) is 5.75 Å². The number of benzene rings is 1. The summed E-state index contributed by atoms with van der Waals surface area (Å²) in [5.74, 6) is -0.937. The minimum absolute atomic E-state index is 0.00174. The standard InChI is InChI=1S/C13H17FN2O2/c1-8(15)9-4-5-16(7-9)13(18)11-3-2-10(17)6-12(11)14/h2-3,6,8-9,17H,4-5,7,15H2,1H3. The van der Waals surface area contributed by atoms with Crippen LogP contribution < -0.4 is 5.73 Å². The van der Waals surface area contributed by atoms with Crippen LogP contribution >= 0.6 is 0 Å². The Morgan fingerprint density at radius 3 is 2.89 bits per heavy atom. The highest BCUT2D eigenvalue weighted by molar-refractivity contribution is 5.94. The van der Waals surface area contributed by atoms with E-state index in [1.807, 2.05) is 6.92 Å². The molecule has 1 aromatic rings. The molecule has 1 amide bonds. The fraction of sp³-hybridized carbons (Fsp3) is 0.462. The molecule has 1 aliphatic rings. The number of hydrogen-bond donors (Lipinski definition) is 2. The van der Waals surface area contributed by atoms with Gasteiger partial charge in [-0.05, 0) is 31.4 Å². The number of aromatic hydroxyl groups is 1. The predicted octanol–water partition coefficient (Wildman–Crippen LogP) is 1.34. The van der Waals surface area contributed by atoms with E-state index in [1.165, 1.54) is 12.1 Å². The molecule has 3 N–H and O–H groups in total. The van der Waals surface area contributed by atoms with Crippen LogP contribution in [0.15, 0.2) is 18.2 Å². The number of carbonyl (C=O) groups is 1. The molecular weight excluding hydrogens is 235 g/mol. The molecule has 18 heavy (non-hydrogen) atoms. The van der Waals surface area contributed by atoms with Crippen molar-refractivity contribution in [1.29, 1.82) is 0 Å². The van der Waals surface area contributed by atoms with Crippen LogP contribution in [0.2, 0.25) is 0 Å². The summed E-state index contributed by atoms with van der Waals surface area (Å²) >= 11 is 0. The molecule has 2 unspecified atom stereocenters. The number of phenols is 1. The summed E-state index contributed by atoms with van der Waals surface area (Å²) in [4.78, 5) is 13.7. The molecule has 0 aromatic heterocycles. The Balaban J connectivity index is 2.13. The molecule has 2 atom stereocenters. The van der Waals surface area contributed by atoms with E-state index in [0.29, 0.717) is 13.1 Å². The van der Waals surface area contributed by atoms with E-state index in [2.05, 4.69) is 0 Å². The zero-order valence-electron chi connectivity index (χ0n) is 10.3. The van der Waals surface area contributed by atoms with Crippen molar-refractivity contribution >= 4 is 5.91 Å². The van der Waals surface area contributed by atoms with Crippen LogP contribution in [0.1, 0.15) is 23.7 Å². The summed E-state index contributed by atoms with van der Waals surface area (Å²) < 4.78 is 13.6. The van der Waals surface area contributed by atoms with Crippen LogP contribution in [-0.4, -0.2) is 35.0 Å². The second-order valence-electron chi connectivity index (χ2n) is 4.82. The Kier molecular flexibility index (Phi) is 3.52. The number of carbonyl (C=O) groups excluding carboxylic acids is 1. The monoisotopic (exact) mass is 252 g/mol. The zero-order valence-corrected chi connectivity index (χ0v) is 10.3. The number of nitrogens with two attached hydrogens (primary N) is 1. The van der Waals surface area contributed by atoms with Crippen LogP contribution in [0.3, 0.4) is 0 Å². The quantitative estimate of drug-likeness (QED) is 0.834. The number of hydrogen-bond acceptors (Lipinski definition) is 3. The Labute approximate surface area is 105 Å². The van der Waals surface area contributed by atoms with E-state index in [4.69, 9.17) is 10.8 Å². The van der Waals surface area contributed by atoms with Crippen LogP contribution in [0.5, 0.6) is 5.75 Å². The first-order valence-electron chi connectivity index (χ1n) is 6.02. The van der Waals surface area contributed by atoms with Gasteiger partial charge in [0.25, 0.3) is 5.91 Å². The topological polar surface area (TPSA) is 66.6 Å². The van der Waals surface area contributed by atoms with Crippen molar-refractivity contribution in [3.63, 3.8) is 0 Å². The Bertz CT molecular complexity index is 462. The van der Waals surface area contributed by atoms with Gasteiger partial charge in [-0.1, -0.05) is 0 Å². The lowest BCUT2D eigenvalue weighted by Crippen LogP contribution is -2.33. The van der Waals surface area contributed by atoms with Crippen molar-refractivity contribution in [2.45, 2.75) is 19.4 Å². The van der Waals surface area contributed by atoms with E-state index in [0.717, 1.165) is 12.5 Å². The molecule has 1 fully saturated rings. The summed E-state index contributed by atoms with van der Waals surface area (Å²) in [5.41, 5.74) is 5.80. The van der Waals surface area contributed by atoms with E-state index in [9.17, 15) is 9.18 Å². The maximum absolute atomic E-state index is 13.6. The number of rotatable bonds is 2. The van der Waals surface area contributed by atoms with Crippen molar-refractivity contribution in [2.75, 3.05) is 13.1 Å². The molecule has 5 heteroatoms. The van der Waals surface area contributed by atoms with Gasteiger partial charge in [-0.2, -0.15) is 0 Å². The van der Waals surface area contributed by atoms with Crippen LogP contribution in [0.25, 0.3) is 0 Å². The zero-order chi connectivity index (χ0) is 13.3. The summed E-state index contributed by atoms with van der Waals surface area (Å²) in [6.07, 6.45) is 0.850. The highest BCUT2D eigenvalue weighted by Gasteiger charge is 2.30. The second kappa shape index (κ2) is 4.94. The molecule has 4 nitrogen and oxygen atoms in total. The molecule has 0 spiro atoms. The first-order chi connectivity index (χ1) is 8.49. The van der Waals surface area contributed by atoms with Crippen LogP contribution in [0, 0.1) is 11.7 Å². The maximum Gasteiger partial charge on any atom is 0.256 e. The third kappa shape index (κ3) is 2.46. The van der Waals surface area contributed by atoms with E-state index in [1.54, 1.807) is 4.90 Å². The van der Waals surface area contributed by atoms with Gasteiger partial charge in [0.15, 0.2) is 0 Å². The van der Waals surface area contributed by atoms with Gasteiger partial charge >= 0.3 is 0 Å². The molecule has 1 heterocycles. The van der Waals surface area contributed by atoms with Crippen molar-refractivity contribution < 1.29 is 14.3 Å². The lowest BCUT2D eigenvalue weighted by molar-refractivity contribution is 0.0781.